The number of hydrazone groups is 1. The highest BCUT2D eigenvalue weighted by Gasteiger charge is 2.26. The van der Waals surface area contributed by atoms with Gasteiger partial charge in [0.15, 0.2) is 5.82 Å². The summed E-state index contributed by atoms with van der Waals surface area (Å²) in [5.41, 5.74) is 3.24. The lowest BCUT2D eigenvalue weighted by atomic mass is 10.00. The predicted molar refractivity (Wildman–Crippen MR) is 130 cm³/mol. The Morgan fingerprint density at radius 1 is 1.36 bits per heavy atom. The first-order valence-electron chi connectivity index (χ1n) is 11.0. The second-order valence-electron chi connectivity index (χ2n) is 8.18. The SMILES string of the molecule is C=NN(/C(O)=C(\C)c1ccc(C#N)cc1C)c1ccc(C(=O)N2CCN(CC)[C@H](C)C2)cn1. The van der Waals surface area contributed by atoms with E-state index in [9.17, 15) is 9.90 Å². The van der Waals surface area contributed by atoms with Gasteiger partial charge in [0.1, 0.15) is 0 Å². The van der Waals surface area contributed by atoms with E-state index in [1.54, 1.807) is 37.3 Å². The Morgan fingerprint density at radius 2 is 2.12 bits per heavy atom. The Balaban J connectivity index is 1.81. The summed E-state index contributed by atoms with van der Waals surface area (Å²) in [7, 11) is 0. The van der Waals surface area contributed by atoms with Gasteiger partial charge >= 0.3 is 0 Å². The van der Waals surface area contributed by atoms with Gasteiger partial charge in [0, 0.05) is 44.2 Å². The van der Waals surface area contributed by atoms with E-state index < -0.39 is 0 Å². The molecule has 1 aromatic heterocycles. The van der Waals surface area contributed by atoms with Gasteiger partial charge in [-0.05, 0) is 62.7 Å². The number of hydrogen-bond acceptors (Lipinski definition) is 7. The number of nitrogens with zero attached hydrogens (tertiary/aromatic N) is 6. The average Bonchev–Trinajstić information content (AvgIpc) is 2.83. The molecular weight excluding hydrogens is 416 g/mol. The second kappa shape index (κ2) is 10.3. The maximum Gasteiger partial charge on any atom is 0.255 e. The Bertz CT molecular complexity index is 1100. The molecule has 3 rings (SSSR count). The number of anilines is 1. The largest absolute Gasteiger partial charge is 0.493 e. The normalized spacial score (nSPS) is 17.2. The molecule has 1 atom stereocenters. The van der Waals surface area contributed by atoms with Crippen LogP contribution in [0, 0.1) is 18.3 Å². The summed E-state index contributed by atoms with van der Waals surface area (Å²) in [5, 5.41) is 25.1. The van der Waals surface area contributed by atoms with E-state index in [4.69, 9.17) is 5.26 Å². The van der Waals surface area contributed by atoms with Crippen LogP contribution in [-0.2, 0) is 0 Å². The van der Waals surface area contributed by atoms with Crippen LogP contribution in [0.3, 0.4) is 0 Å². The second-order valence-corrected chi connectivity index (χ2v) is 8.18. The lowest BCUT2D eigenvalue weighted by Crippen LogP contribution is -2.53. The van der Waals surface area contributed by atoms with Crippen LogP contribution in [0.4, 0.5) is 5.82 Å². The van der Waals surface area contributed by atoms with Crippen LogP contribution in [0.5, 0.6) is 0 Å². The maximum absolute atomic E-state index is 12.9. The van der Waals surface area contributed by atoms with Crippen molar-refractivity contribution >= 4 is 24.0 Å². The van der Waals surface area contributed by atoms with Gasteiger partial charge < -0.3 is 10.0 Å². The molecule has 1 aliphatic rings. The molecule has 1 amide bonds. The third-order valence-corrected chi connectivity index (χ3v) is 6.11. The molecule has 0 bridgehead atoms. The summed E-state index contributed by atoms with van der Waals surface area (Å²) < 4.78 is 0. The Morgan fingerprint density at radius 3 is 2.67 bits per heavy atom. The minimum Gasteiger partial charge on any atom is -0.493 e. The highest BCUT2D eigenvalue weighted by molar-refractivity contribution is 5.94. The third-order valence-electron chi connectivity index (χ3n) is 6.11. The number of benzene rings is 1. The fraction of sp³-hybridized carbons (Fsp3) is 0.360. The number of piperazine rings is 1. The molecule has 0 radical (unpaired) electrons. The molecule has 172 valence electrons. The van der Waals surface area contributed by atoms with Gasteiger partial charge in [-0.2, -0.15) is 15.4 Å². The van der Waals surface area contributed by atoms with Crippen molar-refractivity contribution in [3.8, 4) is 6.07 Å². The average molecular weight is 447 g/mol. The smallest absolute Gasteiger partial charge is 0.255 e. The number of carbonyl (C=O) groups is 1. The van der Waals surface area contributed by atoms with Crippen LogP contribution >= 0.6 is 0 Å². The number of carbonyl (C=O) groups excluding carboxylic acids is 1. The number of nitriles is 1. The van der Waals surface area contributed by atoms with E-state index in [0.717, 1.165) is 24.2 Å². The first kappa shape index (κ1) is 24.0. The van der Waals surface area contributed by atoms with E-state index in [1.807, 2.05) is 11.8 Å². The monoisotopic (exact) mass is 446 g/mol. The van der Waals surface area contributed by atoms with Gasteiger partial charge in [-0.15, -0.1) is 0 Å². The molecule has 0 saturated carbocycles. The van der Waals surface area contributed by atoms with Crippen molar-refractivity contribution in [1.29, 1.82) is 5.26 Å². The summed E-state index contributed by atoms with van der Waals surface area (Å²) in [6, 6.07) is 11.0. The van der Waals surface area contributed by atoms with Crippen molar-refractivity contribution in [3.05, 3.63) is 64.7 Å². The van der Waals surface area contributed by atoms with Gasteiger partial charge in [0.25, 0.3) is 5.91 Å². The van der Waals surface area contributed by atoms with Crippen LogP contribution < -0.4 is 5.01 Å². The van der Waals surface area contributed by atoms with Gasteiger partial charge in [0.05, 0.1) is 17.2 Å². The summed E-state index contributed by atoms with van der Waals surface area (Å²) in [4.78, 5) is 21.5. The molecule has 2 aromatic rings. The van der Waals surface area contributed by atoms with Gasteiger partial charge in [-0.25, -0.2) is 4.98 Å². The topological polar surface area (TPSA) is 96.1 Å². The molecule has 0 unspecified atom stereocenters. The molecule has 0 aliphatic carbocycles. The number of hydrogen-bond donors (Lipinski definition) is 1. The van der Waals surface area contributed by atoms with Crippen LogP contribution in [0.25, 0.3) is 5.57 Å². The number of allylic oxidation sites excluding steroid dienone is 1. The minimum atomic E-state index is -0.131. The van der Waals surface area contributed by atoms with Crippen molar-refractivity contribution in [3.63, 3.8) is 0 Å². The lowest BCUT2D eigenvalue weighted by Gasteiger charge is -2.39. The summed E-state index contributed by atoms with van der Waals surface area (Å²) in [6.07, 6.45) is 1.50. The Kier molecular flexibility index (Phi) is 7.46. The number of pyridine rings is 1. The van der Waals surface area contributed by atoms with Crippen molar-refractivity contribution in [2.45, 2.75) is 33.7 Å². The standard InChI is InChI=1S/C25H30N6O2/c1-6-29-11-12-30(16-18(29)3)25(33)21-8-10-23(28-15-21)31(27-5)24(32)19(4)22-9-7-20(14-26)13-17(22)2/h7-10,13,15,18,32H,5-6,11-12,16H2,1-4H3/b24-19-/t18-/m1/s1. The zero-order chi connectivity index (χ0) is 24.1. The molecule has 2 heterocycles. The van der Waals surface area contributed by atoms with E-state index in [2.05, 4.69) is 41.6 Å². The number of likely N-dealkylation sites (N-methyl/N-ethyl adjacent to an activating group) is 1. The predicted octanol–water partition coefficient (Wildman–Crippen LogP) is 3.80. The summed E-state index contributed by atoms with van der Waals surface area (Å²) in [5.74, 6) is 0.154. The van der Waals surface area contributed by atoms with E-state index >= 15 is 0 Å². The summed E-state index contributed by atoms with van der Waals surface area (Å²) >= 11 is 0. The molecular formula is C25H30N6O2. The van der Waals surface area contributed by atoms with E-state index in [1.165, 1.54) is 11.2 Å². The van der Waals surface area contributed by atoms with Crippen molar-refractivity contribution < 1.29 is 9.90 Å². The molecule has 33 heavy (non-hydrogen) atoms. The Labute approximate surface area is 195 Å². The summed E-state index contributed by atoms with van der Waals surface area (Å²) in [6.45, 7) is 14.7. The highest BCUT2D eigenvalue weighted by atomic mass is 16.3. The molecule has 1 aromatic carbocycles. The number of aliphatic hydroxyl groups excluding tert-OH is 1. The van der Waals surface area contributed by atoms with Gasteiger partial charge in [-0.1, -0.05) is 13.0 Å². The fourth-order valence-corrected chi connectivity index (χ4v) is 4.15. The van der Waals surface area contributed by atoms with Gasteiger partial charge in [-0.3, -0.25) is 9.69 Å². The molecule has 0 spiro atoms. The number of aromatic nitrogens is 1. The van der Waals surface area contributed by atoms with Crippen LogP contribution in [0.2, 0.25) is 0 Å². The number of rotatable bonds is 6. The number of aliphatic hydroxyl groups is 1. The maximum atomic E-state index is 12.9. The van der Waals surface area contributed by atoms with Crippen LogP contribution in [-0.4, -0.2) is 64.7 Å². The van der Waals surface area contributed by atoms with E-state index in [0.29, 0.717) is 41.6 Å². The van der Waals surface area contributed by atoms with Gasteiger partial charge in [0.2, 0.25) is 5.88 Å². The molecule has 1 fully saturated rings. The number of amides is 1. The zero-order valence-electron chi connectivity index (χ0n) is 19.6. The quantitative estimate of drug-likeness (QED) is 0.412. The molecule has 8 nitrogen and oxygen atoms in total. The molecule has 1 N–H and O–H groups in total. The van der Waals surface area contributed by atoms with Crippen LogP contribution in [0.1, 0.15) is 47.8 Å². The first-order valence-corrected chi connectivity index (χ1v) is 11.0. The zero-order valence-corrected chi connectivity index (χ0v) is 19.6. The van der Waals surface area contributed by atoms with Crippen molar-refractivity contribution in [2.75, 3.05) is 31.2 Å². The number of aryl methyl sites for hydroxylation is 1. The van der Waals surface area contributed by atoms with Crippen molar-refractivity contribution in [1.82, 2.24) is 14.8 Å². The fourth-order valence-electron chi connectivity index (χ4n) is 4.15. The van der Waals surface area contributed by atoms with E-state index in [-0.39, 0.29) is 11.8 Å². The molecule has 1 aliphatic heterocycles. The Hall–Kier alpha value is -3.70. The first-order chi connectivity index (χ1) is 15.8. The lowest BCUT2D eigenvalue weighted by molar-refractivity contribution is 0.0528. The van der Waals surface area contributed by atoms with Crippen LogP contribution in [0.15, 0.2) is 47.5 Å². The molecule has 8 heteroatoms. The molecule has 1 saturated heterocycles. The van der Waals surface area contributed by atoms with Crippen molar-refractivity contribution in [2.24, 2.45) is 5.10 Å². The minimum absolute atomic E-state index is 0.0566. The third kappa shape index (κ3) is 5.04. The highest BCUT2D eigenvalue weighted by Crippen LogP contribution is 2.26.